The minimum absolute atomic E-state index is 0.243. The molecule has 0 bridgehead atoms. The molecule has 3 rings (SSSR count). The summed E-state index contributed by atoms with van der Waals surface area (Å²) >= 11 is 0. The van der Waals surface area contributed by atoms with Gasteiger partial charge in [-0.15, -0.1) is 0 Å². The van der Waals surface area contributed by atoms with E-state index < -0.39 is 0 Å². The first-order chi connectivity index (χ1) is 13.3. The molecule has 2 N–H and O–H groups in total. The van der Waals surface area contributed by atoms with Crippen LogP contribution in [0.4, 0.5) is 5.82 Å². The van der Waals surface area contributed by atoms with Crippen molar-refractivity contribution < 1.29 is 4.42 Å². The van der Waals surface area contributed by atoms with Crippen LogP contribution in [-0.4, -0.2) is 34.0 Å². The molecule has 1 aromatic carbocycles. The molecule has 0 saturated heterocycles. The number of nitrogens with two attached hydrogens (primary N) is 1. The highest BCUT2D eigenvalue weighted by Crippen LogP contribution is 2.29. The van der Waals surface area contributed by atoms with Crippen LogP contribution in [0.1, 0.15) is 64.8 Å². The fraction of sp³-hybridized carbons (Fsp3) is 0.565. The van der Waals surface area contributed by atoms with E-state index in [1.807, 2.05) is 0 Å². The number of benzene rings is 1. The van der Waals surface area contributed by atoms with Crippen LogP contribution in [0.2, 0.25) is 0 Å². The van der Waals surface area contributed by atoms with E-state index in [-0.39, 0.29) is 5.54 Å². The van der Waals surface area contributed by atoms with Gasteiger partial charge in [-0.2, -0.15) is 0 Å². The lowest BCUT2D eigenvalue weighted by molar-refractivity contribution is 0.172. The number of nitrogens with zero attached hydrogens (tertiary/aromatic N) is 3. The van der Waals surface area contributed by atoms with Gasteiger partial charge >= 0.3 is 0 Å². The molecule has 0 aliphatic rings. The van der Waals surface area contributed by atoms with Crippen molar-refractivity contribution in [3.05, 3.63) is 29.7 Å². The molecule has 3 aromatic rings. The predicted octanol–water partition coefficient (Wildman–Crippen LogP) is 5.35. The molecule has 5 heteroatoms. The minimum atomic E-state index is 0.243. The third kappa shape index (κ3) is 4.64. The molecule has 0 spiro atoms. The van der Waals surface area contributed by atoms with Gasteiger partial charge in [0.25, 0.3) is 0 Å². The number of fused-ring (bicyclic) bond motifs is 3. The van der Waals surface area contributed by atoms with Gasteiger partial charge in [-0.25, -0.2) is 9.97 Å². The second-order valence-corrected chi connectivity index (χ2v) is 8.79. The second kappa shape index (κ2) is 8.48. The quantitative estimate of drug-likeness (QED) is 0.532. The van der Waals surface area contributed by atoms with Gasteiger partial charge in [0, 0.05) is 17.3 Å². The molecular formula is C23H34N4O. The van der Waals surface area contributed by atoms with Gasteiger partial charge in [0.05, 0.1) is 5.52 Å². The summed E-state index contributed by atoms with van der Waals surface area (Å²) in [6, 6.07) is 6.44. The summed E-state index contributed by atoms with van der Waals surface area (Å²) in [7, 11) is 2.20. The number of pyridine rings is 1. The van der Waals surface area contributed by atoms with Crippen molar-refractivity contribution >= 4 is 27.8 Å². The predicted molar refractivity (Wildman–Crippen MR) is 118 cm³/mol. The Morgan fingerprint density at radius 2 is 1.86 bits per heavy atom. The van der Waals surface area contributed by atoms with E-state index in [1.165, 1.54) is 24.8 Å². The van der Waals surface area contributed by atoms with Crippen LogP contribution in [0.3, 0.4) is 0 Å². The van der Waals surface area contributed by atoms with Crippen LogP contribution < -0.4 is 5.73 Å². The first-order valence-electron chi connectivity index (χ1n) is 10.5. The first-order valence-corrected chi connectivity index (χ1v) is 10.5. The first kappa shape index (κ1) is 20.6. The summed E-state index contributed by atoms with van der Waals surface area (Å²) in [5, 5.41) is 0.995. The number of unbranched alkanes of at least 4 members (excludes halogenated alkanes) is 2. The highest BCUT2D eigenvalue weighted by molar-refractivity contribution is 6.04. The lowest BCUT2D eigenvalue weighted by atomic mass is 10.0. The normalized spacial score (nSPS) is 12.5. The van der Waals surface area contributed by atoms with Crippen molar-refractivity contribution in [1.82, 2.24) is 14.9 Å². The minimum Gasteiger partial charge on any atom is -0.440 e. The maximum atomic E-state index is 6.15. The van der Waals surface area contributed by atoms with Gasteiger partial charge in [-0.3, -0.25) is 0 Å². The lowest BCUT2D eigenvalue weighted by Gasteiger charge is -2.31. The molecule has 0 atom stereocenters. The molecule has 0 saturated carbocycles. The van der Waals surface area contributed by atoms with Crippen LogP contribution in [0.25, 0.3) is 22.0 Å². The van der Waals surface area contributed by atoms with Crippen molar-refractivity contribution in [2.75, 3.05) is 19.3 Å². The summed E-state index contributed by atoms with van der Waals surface area (Å²) < 4.78 is 5.97. The third-order valence-corrected chi connectivity index (χ3v) is 5.53. The number of hydrogen-bond acceptors (Lipinski definition) is 5. The van der Waals surface area contributed by atoms with Crippen molar-refractivity contribution in [2.45, 2.75) is 71.8 Å². The maximum Gasteiger partial charge on any atom is 0.195 e. The standard InChI is InChI=1S/C23H34N4O/c1-6-10-19-26-20-21(28-19)17-13-12-16(15-18(17)25-22(20)24)11-8-7-9-14-27(5)23(2,3)4/h12-13,15H,6-11,14H2,1-5H3,(H2,24,25). The smallest absolute Gasteiger partial charge is 0.195 e. The van der Waals surface area contributed by atoms with E-state index in [2.05, 4.69) is 67.8 Å². The number of nitrogen functional groups attached to an aromatic ring is 1. The highest BCUT2D eigenvalue weighted by atomic mass is 16.3. The number of anilines is 1. The van der Waals surface area contributed by atoms with Gasteiger partial charge < -0.3 is 15.1 Å². The monoisotopic (exact) mass is 382 g/mol. The van der Waals surface area contributed by atoms with Crippen LogP contribution in [0, 0.1) is 0 Å². The molecular weight excluding hydrogens is 348 g/mol. The van der Waals surface area contributed by atoms with Gasteiger partial charge in [0.2, 0.25) is 0 Å². The van der Waals surface area contributed by atoms with Crippen LogP contribution in [-0.2, 0) is 12.8 Å². The highest BCUT2D eigenvalue weighted by Gasteiger charge is 2.16. The molecule has 5 nitrogen and oxygen atoms in total. The van der Waals surface area contributed by atoms with Crippen molar-refractivity contribution in [3.8, 4) is 0 Å². The summed E-state index contributed by atoms with van der Waals surface area (Å²) in [5.41, 5.74) is 10.0. The van der Waals surface area contributed by atoms with Gasteiger partial charge in [-0.05, 0) is 77.7 Å². The van der Waals surface area contributed by atoms with E-state index in [0.29, 0.717) is 11.3 Å². The summed E-state index contributed by atoms with van der Waals surface area (Å²) in [4.78, 5) is 11.5. The number of rotatable bonds is 8. The zero-order valence-corrected chi connectivity index (χ0v) is 18.0. The molecule has 0 unspecified atom stereocenters. The molecule has 0 aliphatic carbocycles. The van der Waals surface area contributed by atoms with E-state index in [0.717, 1.165) is 48.2 Å². The van der Waals surface area contributed by atoms with Crippen LogP contribution in [0.15, 0.2) is 22.6 Å². The molecule has 0 radical (unpaired) electrons. The summed E-state index contributed by atoms with van der Waals surface area (Å²) in [6.07, 6.45) is 6.52. The molecule has 152 valence electrons. The Kier molecular flexibility index (Phi) is 6.23. The fourth-order valence-electron chi connectivity index (χ4n) is 3.43. The van der Waals surface area contributed by atoms with Crippen LogP contribution in [0.5, 0.6) is 0 Å². The number of aryl methyl sites for hydroxylation is 2. The van der Waals surface area contributed by atoms with E-state index in [1.54, 1.807) is 0 Å². The maximum absolute atomic E-state index is 6.15. The van der Waals surface area contributed by atoms with Crippen molar-refractivity contribution in [3.63, 3.8) is 0 Å². The molecule has 0 aliphatic heterocycles. The topological polar surface area (TPSA) is 68.2 Å². The molecule has 2 aromatic heterocycles. The van der Waals surface area contributed by atoms with E-state index in [4.69, 9.17) is 10.2 Å². The Morgan fingerprint density at radius 1 is 1.07 bits per heavy atom. The zero-order valence-electron chi connectivity index (χ0n) is 18.0. The molecule has 28 heavy (non-hydrogen) atoms. The van der Waals surface area contributed by atoms with E-state index >= 15 is 0 Å². The fourth-order valence-corrected chi connectivity index (χ4v) is 3.43. The molecule has 0 amide bonds. The Morgan fingerprint density at radius 3 is 2.57 bits per heavy atom. The number of hydrogen-bond donors (Lipinski definition) is 1. The third-order valence-electron chi connectivity index (χ3n) is 5.53. The van der Waals surface area contributed by atoms with Gasteiger partial charge in [-0.1, -0.05) is 19.4 Å². The van der Waals surface area contributed by atoms with Crippen LogP contribution >= 0.6 is 0 Å². The Hall–Kier alpha value is -2.14. The largest absolute Gasteiger partial charge is 0.440 e. The molecule has 0 fully saturated rings. The zero-order chi connectivity index (χ0) is 20.3. The average molecular weight is 383 g/mol. The average Bonchev–Trinajstić information content (AvgIpc) is 3.05. The van der Waals surface area contributed by atoms with E-state index in [9.17, 15) is 0 Å². The lowest BCUT2D eigenvalue weighted by Crippen LogP contribution is -2.38. The Bertz CT molecular complexity index is 939. The number of aromatic nitrogens is 2. The summed E-state index contributed by atoms with van der Waals surface area (Å²) in [6.45, 7) is 10.0. The Labute approximate surface area is 168 Å². The number of oxazole rings is 1. The Balaban J connectivity index is 1.66. The summed E-state index contributed by atoms with van der Waals surface area (Å²) in [5.74, 6) is 1.19. The van der Waals surface area contributed by atoms with Crippen molar-refractivity contribution in [1.29, 1.82) is 0 Å². The van der Waals surface area contributed by atoms with Gasteiger partial charge in [0.1, 0.15) is 0 Å². The second-order valence-electron chi connectivity index (χ2n) is 8.79. The van der Waals surface area contributed by atoms with Gasteiger partial charge in [0.15, 0.2) is 22.8 Å². The SMILES string of the molecule is CCCc1nc2c(N)nc3cc(CCCCCN(C)C(C)(C)C)ccc3c2o1. The molecule has 2 heterocycles. The van der Waals surface area contributed by atoms with Crippen molar-refractivity contribution in [2.24, 2.45) is 0 Å².